The fraction of sp³-hybridized carbons (Fsp3) is 0.176. The van der Waals surface area contributed by atoms with Gasteiger partial charge in [0.2, 0.25) is 0 Å². The van der Waals surface area contributed by atoms with Crippen LogP contribution in [0.2, 0.25) is 0 Å². The van der Waals surface area contributed by atoms with Gasteiger partial charge < -0.3 is 5.32 Å². The molecule has 106 valence electrons. The highest BCUT2D eigenvalue weighted by molar-refractivity contribution is 7.21. The number of aryl methyl sites for hydroxylation is 1. The Hall–Kier alpha value is -2.20. The molecule has 2 heterocycles. The summed E-state index contributed by atoms with van der Waals surface area (Å²) in [5, 5.41) is 4.43. The first kappa shape index (κ1) is 13.8. The molecule has 0 saturated heterocycles. The molecule has 2 aromatic heterocycles. The minimum Gasteiger partial charge on any atom is -0.384 e. The average Bonchev–Trinajstić information content (AvgIpc) is 2.86. The molecule has 3 aromatic rings. The van der Waals surface area contributed by atoms with Crippen molar-refractivity contribution in [1.29, 1.82) is 0 Å². The molecule has 0 bridgehead atoms. The third kappa shape index (κ3) is 2.95. The van der Waals surface area contributed by atoms with Gasteiger partial charge in [0.25, 0.3) is 0 Å². The van der Waals surface area contributed by atoms with Crippen molar-refractivity contribution < 1.29 is 4.79 Å². The van der Waals surface area contributed by atoms with Gasteiger partial charge >= 0.3 is 0 Å². The number of hydrogen-bond donors (Lipinski definition) is 1. The Bertz CT molecular complexity index is 765. The van der Waals surface area contributed by atoms with Gasteiger partial charge in [-0.15, -0.1) is 11.3 Å². The van der Waals surface area contributed by atoms with Crippen molar-refractivity contribution in [3.8, 4) is 0 Å². The van der Waals surface area contributed by atoms with Crippen molar-refractivity contribution in [2.24, 2.45) is 0 Å². The summed E-state index contributed by atoms with van der Waals surface area (Å²) >= 11 is 1.59. The Balaban J connectivity index is 1.68. The third-order valence-corrected chi connectivity index (χ3v) is 4.77. The average molecular weight is 296 g/mol. The van der Waals surface area contributed by atoms with Crippen LogP contribution in [0.4, 0.5) is 5.69 Å². The van der Waals surface area contributed by atoms with E-state index in [4.69, 9.17) is 0 Å². The van der Waals surface area contributed by atoms with Crippen molar-refractivity contribution in [1.82, 2.24) is 4.98 Å². The van der Waals surface area contributed by atoms with Crippen molar-refractivity contribution in [2.45, 2.75) is 13.3 Å². The van der Waals surface area contributed by atoms with Crippen LogP contribution >= 0.6 is 11.3 Å². The van der Waals surface area contributed by atoms with Gasteiger partial charge in [-0.2, -0.15) is 0 Å². The zero-order valence-electron chi connectivity index (χ0n) is 11.8. The number of rotatable bonds is 5. The maximum atomic E-state index is 12.4. The number of Topliss-reactive ketones (excluding diaryl/α,β-unsaturated/α-hetero) is 1. The number of carbonyl (C=O) groups excluding carboxylic acids is 1. The predicted molar refractivity (Wildman–Crippen MR) is 88.2 cm³/mol. The summed E-state index contributed by atoms with van der Waals surface area (Å²) in [5.74, 6) is 0.204. The van der Waals surface area contributed by atoms with Gasteiger partial charge in [0, 0.05) is 35.7 Å². The number of nitrogens with zero attached hydrogens (tertiary/aromatic N) is 1. The Morgan fingerprint density at radius 2 is 1.95 bits per heavy atom. The first-order chi connectivity index (χ1) is 10.3. The molecule has 0 aliphatic rings. The lowest BCUT2D eigenvalue weighted by molar-refractivity contribution is 0.0990. The highest BCUT2D eigenvalue weighted by Crippen LogP contribution is 2.31. The van der Waals surface area contributed by atoms with E-state index in [1.807, 2.05) is 31.2 Å². The molecule has 0 fully saturated rings. The van der Waals surface area contributed by atoms with Crippen LogP contribution in [0.1, 0.15) is 21.7 Å². The molecule has 21 heavy (non-hydrogen) atoms. The number of aromatic nitrogens is 1. The molecule has 0 unspecified atom stereocenters. The van der Waals surface area contributed by atoms with Crippen LogP contribution in [0, 0.1) is 6.92 Å². The summed E-state index contributed by atoms with van der Waals surface area (Å²) in [5.41, 5.74) is 2.09. The molecular weight excluding hydrogens is 280 g/mol. The van der Waals surface area contributed by atoms with Gasteiger partial charge in [0.1, 0.15) is 0 Å². The number of fused-ring (bicyclic) bond motifs is 1. The number of hydrogen-bond acceptors (Lipinski definition) is 4. The number of thiophene rings is 1. The summed E-state index contributed by atoms with van der Waals surface area (Å²) in [7, 11) is 0. The normalized spacial score (nSPS) is 10.7. The second kappa shape index (κ2) is 6.06. The molecular formula is C17H16N2OS. The summed E-state index contributed by atoms with van der Waals surface area (Å²) < 4.78 is 1.18. The van der Waals surface area contributed by atoms with Gasteiger partial charge in [-0.05, 0) is 36.1 Å². The molecule has 3 nitrogen and oxygen atoms in total. The van der Waals surface area contributed by atoms with Crippen LogP contribution in [0.15, 0.2) is 48.8 Å². The molecule has 0 aliphatic carbocycles. The van der Waals surface area contributed by atoms with Crippen LogP contribution in [-0.4, -0.2) is 17.3 Å². The first-order valence-corrected chi connectivity index (χ1v) is 7.72. The fourth-order valence-electron chi connectivity index (χ4n) is 2.34. The molecule has 0 saturated carbocycles. The fourth-order valence-corrected chi connectivity index (χ4v) is 3.52. The van der Waals surface area contributed by atoms with E-state index < -0.39 is 0 Å². The molecule has 4 heteroatoms. The smallest absolute Gasteiger partial charge is 0.174 e. The number of carbonyl (C=O) groups is 1. The van der Waals surface area contributed by atoms with E-state index in [2.05, 4.69) is 22.4 Å². The first-order valence-electron chi connectivity index (χ1n) is 6.91. The van der Waals surface area contributed by atoms with Crippen molar-refractivity contribution >= 4 is 32.9 Å². The number of nitrogens with one attached hydrogen (secondary N) is 1. The summed E-state index contributed by atoms with van der Waals surface area (Å²) in [6.45, 7) is 2.67. The highest BCUT2D eigenvalue weighted by Gasteiger charge is 2.14. The van der Waals surface area contributed by atoms with Crippen LogP contribution in [0.25, 0.3) is 10.1 Å². The highest BCUT2D eigenvalue weighted by atomic mass is 32.1. The predicted octanol–water partition coefficient (Wildman–Crippen LogP) is 4.29. The van der Waals surface area contributed by atoms with Crippen LogP contribution in [0.5, 0.6) is 0 Å². The second-order valence-corrected chi connectivity index (χ2v) is 5.94. The maximum absolute atomic E-state index is 12.4. The van der Waals surface area contributed by atoms with Crippen molar-refractivity contribution in [3.05, 3.63) is 59.2 Å². The summed E-state index contributed by atoms with van der Waals surface area (Å²) in [4.78, 5) is 17.2. The molecule has 1 N–H and O–H groups in total. The van der Waals surface area contributed by atoms with E-state index >= 15 is 0 Å². The van der Waals surface area contributed by atoms with Gasteiger partial charge in [-0.25, -0.2) is 0 Å². The topological polar surface area (TPSA) is 42.0 Å². The zero-order valence-corrected chi connectivity index (χ0v) is 12.6. The minimum absolute atomic E-state index is 0.204. The standard InChI is InChI=1S/C17H16N2OS/c1-12-14-4-2-3-5-16(14)21-17(12)15(20)8-11-19-13-6-9-18-10-7-13/h2-7,9-10H,8,11H2,1H3,(H,18,19). The molecule has 0 aliphatic heterocycles. The molecule has 0 spiro atoms. The van der Waals surface area contributed by atoms with E-state index in [1.54, 1.807) is 23.7 Å². The van der Waals surface area contributed by atoms with Gasteiger partial charge in [-0.1, -0.05) is 18.2 Å². The van der Waals surface area contributed by atoms with E-state index in [0.29, 0.717) is 13.0 Å². The Labute approximate surface area is 127 Å². The molecule has 1 aromatic carbocycles. The van der Waals surface area contributed by atoms with Crippen LogP contribution < -0.4 is 5.32 Å². The van der Waals surface area contributed by atoms with Gasteiger partial charge in [-0.3, -0.25) is 9.78 Å². The Morgan fingerprint density at radius 1 is 1.19 bits per heavy atom. The van der Waals surface area contributed by atoms with Gasteiger partial charge in [0.05, 0.1) is 4.88 Å². The second-order valence-electron chi connectivity index (χ2n) is 4.89. The van der Waals surface area contributed by atoms with Crippen molar-refractivity contribution in [2.75, 3.05) is 11.9 Å². The van der Waals surface area contributed by atoms with Crippen molar-refractivity contribution in [3.63, 3.8) is 0 Å². The number of ketones is 1. The Kier molecular flexibility index (Phi) is 3.97. The minimum atomic E-state index is 0.204. The lowest BCUT2D eigenvalue weighted by Crippen LogP contribution is -2.08. The molecule has 0 radical (unpaired) electrons. The molecule has 3 rings (SSSR count). The summed E-state index contributed by atoms with van der Waals surface area (Å²) in [6, 6.07) is 12.0. The van der Waals surface area contributed by atoms with Crippen LogP contribution in [0.3, 0.4) is 0 Å². The SMILES string of the molecule is Cc1c(C(=O)CCNc2ccncc2)sc2ccccc12. The monoisotopic (exact) mass is 296 g/mol. The van der Waals surface area contributed by atoms with E-state index in [9.17, 15) is 4.79 Å². The van der Waals surface area contributed by atoms with Gasteiger partial charge in [0.15, 0.2) is 5.78 Å². The largest absolute Gasteiger partial charge is 0.384 e. The van der Waals surface area contributed by atoms with Crippen LogP contribution in [-0.2, 0) is 0 Å². The molecule has 0 amide bonds. The molecule has 0 atom stereocenters. The maximum Gasteiger partial charge on any atom is 0.174 e. The zero-order chi connectivity index (χ0) is 14.7. The number of anilines is 1. The Morgan fingerprint density at radius 3 is 2.71 bits per heavy atom. The van der Waals surface area contributed by atoms with E-state index in [1.165, 1.54) is 10.1 Å². The number of benzene rings is 1. The quantitative estimate of drug-likeness (QED) is 0.714. The third-order valence-electron chi connectivity index (χ3n) is 3.46. The summed E-state index contributed by atoms with van der Waals surface area (Å²) in [6.07, 6.45) is 3.97. The lowest BCUT2D eigenvalue weighted by Gasteiger charge is -2.04. The van der Waals surface area contributed by atoms with E-state index in [-0.39, 0.29) is 5.78 Å². The lowest BCUT2D eigenvalue weighted by atomic mass is 10.1. The number of pyridine rings is 1. The van der Waals surface area contributed by atoms with E-state index in [0.717, 1.165) is 16.1 Å².